The second-order valence-corrected chi connectivity index (χ2v) is 4.99. The lowest BCUT2D eigenvalue weighted by atomic mass is 10.1. The molecular formula is C13H10Cl2N4. The number of benzene rings is 1. The minimum atomic E-state index is 0.431. The number of nitrogens with zero attached hydrogens (tertiary/aromatic N) is 3. The molecule has 96 valence electrons. The zero-order chi connectivity index (χ0) is 13.6. The SMILES string of the molecule is Cn1c(-c2c(Cl)ccc(Cl)c2N)nc2cnccc21. The molecule has 2 N–H and O–H groups in total. The molecule has 2 heterocycles. The van der Waals surface area contributed by atoms with Gasteiger partial charge in [-0.15, -0.1) is 0 Å². The third-order valence-electron chi connectivity index (χ3n) is 3.05. The van der Waals surface area contributed by atoms with Crippen molar-refractivity contribution >= 4 is 39.9 Å². The number of anilines is 1. The average Bonchev–Trinajstić information content (AvgIpc) is 2.73. The highest BCUT2D eigenvalue weighted by Crippen LogP contribution is 2.37. The molecule has 0 spiro atoms. The molecule has 0 amide bonds. The minimum absolute atomic E-state index is 0.431. The highest BCUT2D eigenvalue weighted by molar-refractivity contribution is 6.37. The van der Waals surface area contributed by atoms with Gasteiger partial charge in [0.2, 0.25) is 0 Å². The van der Waals surface area contributed by atoms with Crippen molar-refractivity contribution in [3.63, 3.8) is 0 Å². The second-order valence-electron chi connectivity index (χ2n) is 4.18. The van der Waals surface area contributed by atoms with Crippen LogP contribution < -0.4 is 5.73 Å². The summed E-state index contributed by atoms with van der Waals surface area (Å²) in [6.07, 6.45) is 3.42. The van der Waals surface area contributed by atoms with Gasteiger partial charge in [-0.1, -0.05) is 23.2 Å². The van der Waals surface area contributed by atoms with Crippen LogP contribution in [-0.4, -0.2) is 14.5 Å². The third kappa shape index (κ3) is 1.84. The van der Waals surface area contributed by atoms with Crippen molar-refractivity contribution < 1.29 is 0 Å². The quantitative estimate of drug-likeness (QED) is 0.698. The van der Waals surface area contributed by atoms with Crippen LogP contribution in [0.2, 0.25) is 10.0 Å². The number of hydrogen-bond donors (Lipinski definition) is 1. The van der Waals surface area contributed by atoms with Crippen LogP contribution in [0.15, 0.2) is 30.6 Å². The first-order valence-electron chi connectivity index (χ1n) is 5.60. The molecule has 0 unspecified atom stereocenters. The van der Waals surface area contributed by atoms with Gasteiger partial charge in [0.05, 0.1) is 33.0 Å². The topological polar surface area (TPSA) is 56.7 Å². The van der Waals surface area contributed by atoms with Crippen LogP contribution in [0.25, 0.3) is 22.4 Å². The van der Waals surface area contributed by atoms with E-state index in [1.54, 1.807) is 24.5 Å². The van der Waals surface area contributed by atoms with Crippen LogP contribution in [0.5, 0.6) is 0 Å². The van der Waals surface area contributed by atoms with E-state index in [-0.39, 0.29) is 0 Å². The van der Waals surface area contributed by atoms with E-state index in [0.29, 0.717) is 27.1 Å². The number of pyridine rings is 1. The summed E-state index contributed by atoms with van der Waals surface area (Å²) in [7, 11) is 1.90. The van der Waals surface area contributed by atoms with Gasteiger partial charge in [-0.2, -0.15) is 0 Å². The number of hydrogen-bond acceptors (Lipinski definition) is 3. The molecule has 0 fully saturated rings. The molecule has 0 radical (unpaired) electrons. The Hall–Kier alpha value is -1.78. The molecule has 0 saturated carbocycles. The highest BCUT2D eigenvalue weighted by Gasteiger charge is 2.17. The van der Waals surface area contributed by atoms with Crippen molar-refractivity contribution in [3.05, 3.63) is 40.6 Å². The Morgan fingerprint density at radius 1 is 1.16 bits per heavy atom. The number of rotatable bonds is 1. The van der Waals surface area contributed by atoms with E-state index in [1.165, 1.54) is 0 Å². The number of nitrogen functional groups attached to an aromatic ring is 1. The van der Waals surface area contributed by atoms with Gasteiger partial charge in [0.1, 0.15) is 11.3 Å². The van der Waals surface area contributed by atoms with Crippen LogP contribution in [0.3, 0.4) is 0 Å². The summed E-state index contributed by atoms with van der Waals surface area (Å²) in [5.74, 6) is 0.674. The largest absolute Gasteiger partial charge is 0.397 e. The first kappa shape index (κ1) is 12.3. The molecule has 2 aromatic heterocycles. The number of fused-ring (bicyclic) bond motifs is 1. The monoisotopic (exact) mass is 292 g/mol. The summed E-state index contributed by atoms with van der Waals surface area (Å²) in [6, 6.07) is 5.28. The number of aryl methyl sites for hydroxylation is 1. The molecule has 0 bridgehead atoms. The predicted octanol–water partition coefficient (Wildman–Crippen LogP) is 3.52. The summed E-state index contributed by atoms with van der Waals surface area (Å²) in [4.78, 5) is 8.58. The Kier molecular flexibility index (Phi) is 2.84. The predicted molar refractivity (Wildman–Crippen MR) is 78.4 cm³/mol. The van der Waals surface area contributed by atoms with Crippen LogP contribution >= 0.6 is 23.2 Å². The maximum Gasteiger partial charge on any atom is 0.144 e. The third-order valence-corrected chi connectivity index (χ3v) is 3.69. The van der Waals surface area contributed by atoms with Gasteiger partial charge in [0.15, 0.2) is 0 Å². The van der Waals surface area contributed by atoms with Crippen molar-refractivity contribution in [1.82, 2.24) is 14.5 Å². The maximum atomic E-state index is 6.23. The lowest BCUT2D eigenvalue weighted by Crippen LogP contribution is -1.98. The lowest BCUT2D eigenvalue weighted by Gasteiger charge is -2.09. The van der Waals surface area contributed by atoms with E-state index in [2.05, 4.69) is 9.97 Å². The van der Waals surface area contributed by atoms with Crippen LogP contribution in [0.4, 0.5) is 5.69 Å². The summed E-state index contributed by atoms with van der Waals surface area (Å²) >= 11 is 12.3. The van der Waals surface area contributed by atoms with Crippen molar-refractivity contribution in [2.75, 3.05) is 5.73 Å². The Labute approximate surface area is 119 Å². The Bertz CT molecular complexity index is 780. The number of aromatic nitrogens is 3. The first-order valence-corrected chi connectivity index (χ1v) is 6.35. The highest BCUT2D eigenvalue weighted by atomic mass is 35.5. The van der Waals surface area contributed by atoms with Gasteiger partial charge in [0.25, 0.3) is 0 Å². The normalized spacial score (nSPS) is 11.1. The first-order chi connectivity index (χ1) is 9.09. The molecule has 0 saturated heterocycles. The number of nitrogens with two attached hydrogens (primary N) is 1. The summed E-state index contributed by atoms with van der Waals surface area (Å²) in [6.45, 7) is 0. The molecule has 0 aliphatic rings. The maximum absolute atomic E-state index is 6.23. The number of halogens is 2. The summed E-state index contributed by atoms with van der Waals surface area (Å²) in [5, 5.41) is 0.984. The lowest BCUT2D eigenvalue weighted by molar-refractivity contribution is 0.959. The van der Waals surface area contributed by atoms with Gasteiger partial charge in [0, 0.05) is 13.2 Å². The zero-order valence-electron chi connectivity index (χ0n) is 10.1. The molecule has 0 atom stereocenters. The second kappa shape index (κ2) is 4.40. The van der Waals surface area contributed by atoms with Crippen molar-refractivity contribution in [3.8, 4) is 11.4 Å². The van der Waals surface area contributed by atoms with Crippen molar-refractivity contribution in [2.45, 2.75) is 0 Å². The molecule has 0 aliphatic carbocycles. The molecule has 4 nitrogen and oxygen atoms in total. The Morgan fingerprint density at radius 2 is 1.89 bits per heavy atom. The fourth-order valence-corrected chi connectivity index (χ4v) is 2.48. The van der Waals surface area contributed by atoms with Crippen LogP contribution in [-0.2, 0) is 7.05 Å². The fourth-order valence-electron chi connectivity index (χ4n) is 2.07. The molecule has 3 aromatic rings. The van der Waals surface area contributed by atoms with Gasteiger partial charge in [-0.05, 0) is 18.2 Å². The van der Waals surface area contributed by atoms with Crippen molar-refractivity contribution in [2.24, 2.45) is 7.05 Å². The molecular weight excluding hydrogens is 283 g/mol. The molecule has 3 rings (SSSR count). The average molecular weight is 293 g/mol. The van der Waals surface area contributed by atoms with Gasteiger partial charge < -0.3 is 10.3 Å². The molecule has 1 aromatic carbocycles. The van der Waals surface area contributed by atoms with E-state index in [1.807, 2.05) is 17.7 Å². The van der Waals surface area contributed by atoms with E-state index >= 15 is 0 Å². The van der Waals surface area contributed by atoms with Gasteiger partial charge in [-0.25, -0.2) is 4.98 Å². The number of imidazole rings is 1. The van der Waals surface area contributed by atoms with Gasteiger partial charge in [-0.3, -0.25) is 4.98 Å². The summed E-state index contributed by atoms with van der Waals surface area (Å²) < 4.78 is 1.92. The van der Waals surface area contributed by atoms with Crippen LogP contribution in [0, 0.1) is 0 Å². The fraction of sp³-hybridized carbons (Fsp3) is 0.0769. The Morgan fingerprint density at radius 3 is 2.63 bits per heavy atom. The van der Waals surface area contributed by atoms with Gasteiger partial charge >= 0.3 is 0 Å². The standard InChI is InChI=1S/C13H10Cl2N4/c1-19-10-4-5-17-6-9(10)18-13(19)11-7(14)2-3-8(15)12(11)16/h2-6H,16H2,1H3. The van der Waals surface area contributed by atoms with Crippen molar-refractivity contribution in [1.29, 1.82) is 0 Å². The molecule has 6 heteroatoms. The van der Waals surface area contributed by atoms with E-state index in [0.717, 1.165) is 11.0 Å². The van der Waals surface area contributed by atoms with Crippen LogP contribution in [0.1, 0.15) is 0 Å². The minimum Gasteiger partial charge on any atom is -0.397 e. The smallest absolute Gasteiger partial charge is 0.144 e. The van der Waals surface area contributed by atoms with E-state index in [4.69, 9.17) is 28.9 Å². The molecule has 19 heavy (non-hydrogen) atoms. The summed E-state index contributed by atoms with van der Waals surface area (Å²) in [5.41, 5.74) is 8.84. The molecule has 0 aliphatic heterocycles. The Balaban J connectivity index is 2.37. The zero-order valence-corrected chi connectivity index (χ0v) is 11.6. The van der Waals surface area contributed by atoms with E-state index < -0.39 is 0 Å². The van der Waals surface area contributed by atoms with E-state index in [9.17, 15) is 0 Å².